The number of carbonyl (C=O) groups excluding carboxylic acids is 1. The molecule has 10 heavy (non-hydrogen) atoms. The average Bonchev–Trinajstić information content (AvgIpc) is 1.59. The van der Waals surface area contributed by atoms with Gasteiger partial charge in [0.25, 0.3) is 0 Å². The Kier molecular flexibility index (Phi) is 3.52. The largest absolute Gasteiger partial charge is 0.329 e. The number of sulfone groups is 1. The lowest BCUT2D eigenvalue weighted by molar-refractivity contribution is -0.114. The first-order valence-electron chi connectivity index (χ1n) is 2.88. The maximum Gasteiger partial charge on any atom is 0.158 e. The van der Waals surface area contributed by atoms with Crippen LogP contribution in [0.3, 0.4) is 0 Å². The summed E-state index contributed by atoms with van der Waals surface area (Å²) in [6.07, 6.45) is 0. The third kappa shape index (κ3) is 4.46. The predicted molar refractivity (Wildman–Crippen MR) is 38.4 cm³/mol. The van der Waals surface area contributed by atoms with E-state index in [1.165, 1.54) is 6.92 Å². The van der Waals surface area contributed by atoms with Crippen LogP contribution < -0.4 is 5.73 Å². The molecule has 0 saturated carbocycles. The first kappa shape index (κ1) is 9.58. The van der Waals surface area contributed by atoms with Crippen molar-refractivity contribution < 1.29 is 13.2 Å². The molecule has 0 atom stereocenters. The van der Waals surface area contributed by atoms with E-state index >= 15 is 0 Å². The number of carbonyl (C=O) groups is 1. The zero-order chi connectivity index (χ0) is 8.20. The second kappa shape index (κ2) is 3.68. The Labute approximate surface area is 60.3 Å². The lowest BCUT2D eigenvalue weighted by atomic mass is 10.5. The minimum Gasteiger partial charge on any atom is -0.329 e. The third-order valence-electron chi connectivity index (χ3n) is 0.852. The fourth-order valence-corrected chi connectivity index (χ4v) is 1.68. The number of Topliss-reactive ketones (excluding diaryl/α,β-unsaturated/α-hetero) is 1. The Morgan fingerprint density at radius 1 is 1.50 bits per heavy atom. The molecule has 0 unspecified atom stereocenters. The highest BCUT2D eigenvalue weighted by Gasteiger charge is 2.11. The van der Waals surface area contributed by atoms with Crippen LogP contribution in [0.2, 0.25) is 0 Å². The lowest BCUT2D eigenvalue weighted by Crippen LogP contribution is -2.21. The molecular weight excluding hydrogens is 154 g/mol. The van der Waals surface area contributed by atoms with Gasteiger partial charge in [-0.3, -0.25) is 4.79 Å². The minimum atomic E-state index is -3.21. The Hall–Kier alpha value is -0.420. The van der Waals surface area contributed by atoms with Crippen molar-refractivity contribution >= 4 is 15.6 Å². The minimum absolute atomic E-state index is 0.0790. The van der Waals surface area contributed by atoms with Crippen molar-refractivity contribution in [3.05, 3.63) is 0 Å². The van der Waals surface area contributed by atoms with E-state index in [2.05, 4.69) is 0 Å². The molecule has 0 aromatic carbocycles. The number of rotatable bonds is 4. The molecule has 60 valence electrons. The van der Waals surface area contributed by atoms with Crippen LogP contribution >= 0.6 is 0 Å². The molecule has 0 aliphatic heterocycles. The van der Waals surface area contributed by atoms with E-state index in [4.69, 9.17) is 5.73 Å². The maximum absolute atomic E-state index is 10.7. The summed E-state index contributed by atoms with van der Waals surface area (Å²) in [6.45, 7) is 1.32. The van der Waals surface area contributed by atoms with Crippen LogP contribution in [-0.4, -0.2) is 32.3 Å². The van der Waals surface area contributed by atoms with Gasteiger partial charge in [-0.25, -0.2) is 8.42 Å². The van der Waals surface area contributed by atoms with Crippen molar-refractivity contribution in [1.82, 2.24) is 0 Å². The molecule has 0 aliphatic rings. The fraction of sp³-hybridized carbons (Fsp3) is 0.800. The number of hydrogen-bond acceptors (Lipinski definition) is 4. The third-order valence-corrected chi connectivity index (χ3v) is 2.56. The molecule has 0 aromatic rings. The molecule has 0 aliphatic carbocycles. The molecule has 0 amide bonds. The molecule has 0 spiro atoms. The number of hydrogen-bond donors (Lipinski definition) is 1. The second-order valence-electron chi connectivity index (χ2n) is 2.08. The van der Waals surface area contributed by atoms with Crippen molar-refractivity contribution in [2.75, 3.05) is 18.1 Å². The van der Waals surface area contributed by atoms with Crippen LogP contribution in [0.5, 0.6) is 0 Å². The van der Waals surface area contributed by atoms with Gasteiger partial charge in [0.15, 0.2) is 9.84 Å². The highest BCUT2D eigenvalue weighted by atomic mass is 32.2. The molecule has 2 N–H and O–H groups in total. The highest BCUT2D eigenvalue weighted by molar-refractivity contribution is 7.92. The van der Waals surface area contributed by atoms with Gasteiger partial charge in [0.2, 0.25) is 0 Å². The Bertz CT molecular complexity index is 207. The number of ketones is 1. The quantitative estimate of drug-likeness (QED) is 0.576. The van der Waals surface area contributed by atoms with Crippen LogP contribution in [0.25, 0.3) is 0 Å². The summed E-state index contributed by atoms with van der Waals surface area (Å²) in [5.41, 5.74) is 5.00. The van der Waals surface area contributed by atoms with Gasteiger partial charge >= 0.3 is 0 Å². The molecular formula is C5H11NO3S. The van der Waals surface area contributed by atoms with Crippen LogP contribution in [0.15, 0.2) is 0 Å². The van der Waals surface area contributed by atoms with Crippen LogP contribution in [0.1, 0.15) is 6.92 Å². The Morgan fingerprint density at radius 2 is 2.00 bits per heavy atom. The smallest absolute Gasteiger partial charge is 0.158 e. The zero-order valence-corrected chi connectivity index (χ0v) is 6.65. The molecule has 5 heteroatoms. The molecule has 0 aromatic heterocycles. The van der Waals surface area contributed by atoms with Crippen molar-refractivity contribution in [2.45, 2.75) is 6.92 Å². The van der Waals surface area contributed by atoms with Crippen LogP contribution in [0, 0.1) is 0 Å². The monoisotopic (exact) mass is 165 g/mol. The number of nitrogens with two attached hydrogens (primary N) is 1. The Morgan fingerprint density at radius 3 is 2.30 bits per heavy atom. The van der Waals surface area contributed by atoms with Gasteiger partial charge in [-0.15, -0.1) is 0 Å². The summed E-state index contributed by atoms with van der Waals surface area (Å²) < 4.78 is 21.5. The summed E-state index contributed by atoms with van der Waals surface area (Å²) >= 11 is 0. The van der Waals surface area contributed by atoms with E-state index in [-0.39, 0.29) is 23.8 Å². The summed E-state index contributed by atoms with van der Waals surface area (Å²) in [5.74, 6) is -0.829. The standard InChI is InChI=1S/C5H11NO3S/c1-5(7)4-10(8,9)3-2-6/h2-4,6H2,1H3. The lowest BCUT2D eigenvalue weighted by Gasteiger charge is -1.96. The average molecular weight is 165 g/mol. The van der Waals surface area contributed by atoms with Crippen LogP contribution in [0.4, 0.5) is 0 Å². The van der Waals surface area contributed by atoms with E-state index in [0.717, 1.165) is 0 Å². The van der Waals surface area contributed by atoms with E-state index in [9.17, 15) is 13.2 Å². The van der Waals surface area contributed by atoms with Gasteiger partial charge in [0.05, 0.1) is 5.75 Å². The molecule has 0 bridgehead atoms. The van der Waals surface area contributed by atoms with Gasteiger partial charge < -0.3 is 5.73 Å². The normalized spacial score (nSPS) is 11.4. The fourth-order valence-electron chi connectivity index (χ4n) is 0.561. The Balaban J connectivity index is 4.02. The van der Waals surface area contributed by atoms with Crippen molar-refractivity contribution in [1.29, 1.82) is 0 Å². The summed E-state index contributed by atoms with van der Waals surface area (Å²) in [7, 11) is -3.21. The highest BCUT2D eigenvalue weighted by Crippen LogP contribution is 1.88. The zero-order valence-electron chi connectivity index (χ0n) is 5.83. The molecule has 0 rings (SSSR count). The van der Waals surface area contributed by atoms with Gasteiger partial charge in [-0.05, 0) is 6.92 Å². The first-order valence-corrected chi connectivity index (χ1v) is 4.70. The van der Waals surface area contributed by atoms with Gasteiger partial charge in [0, 0.05) is 6.54 Å². The van der Waals surface area contributed by atoms with E-state index in [0.29, 0.717) is 0 Å². The van der Waals surface area contributed by atoms with E-state index in [1.54, 1.807) is 0 Å². The maximum atomic E-state index is 10.7. The molecule has 0 heterocycles. The van der Waals surface area contributed by atoms with Crippen molar-refractivity contribution in [2.24, 2.45) is 5.73 Å². The molecule has 0 saturated heterocycles. The first-order chi connectivity index (χ1) is 4.48. The van der Waals surface area contributed by atoms with Crippen LogP contribution in [-0.2, 0) is 14.6 Å². The van der Waals surface area contributed by atoms with Crippen molar-refractivity contribution in [3.63, 3.8) is 0 Å². The summed E-state index contributed by atoms with van der Waals surface area (Å²) in [6, 6.07) is 0. The second-order valence-corrected chi connectivity index (χ2v) is 4.27. The summed E-state index contributed by atoms with van der Waals surface area (Å²) in [5, 5.41) is 0. The molecule has 0 fully saturated rings. The predicted octanol–water partition coefficient (Wildman–Crippen LogP) is -1.05. The van der Waals surface area contributed by atoms with E-state index < -0.39 is 9.84 Å². The molecule has 4 nitrogen and oxygen atoms in total. The van der Waals surface area contributed by atoms with Gasteiger partial charge in [0.1, 0.15) is 11.5 Å². The SMILES string of the molecule is CC(=O)CS(=O)(=O)CCN. The topological polar surface area (TPSA) is 77.2 Å². The van der Waals surface area contributed by atoms with Gasteiger partial charge in [-0.2, -0.15) is 0 Å². The van der Waals surface area contributed by atoms with E-state index in [1.807, 2.05) is 0 Å². The molecule has 0 radical (unpaired) electrons. The van der Waals surface area contributed by atoms with Crippen molar-refractivity contribution in [3.8, 4) is 0 Å². The van der Waals surface area contributed by atoms with Gasteiger partial charge in [-0.1, -0.05) is 0 Å². The summed E-state index contributed by atoms with van der Waals surface area (Å²) in [4.78, 5) is 10.3.